The first kappa shape index (κ1) is 16.6. The Labute approximate surface area is 138 Å². The van der Waals surface area contributed by atoms with Gasteiger partial charge in [-0.05, 0) is 19.1 Å². The molecule has 3 heterocycles. The summed E-state index contributed by atoms with van der Waals surface area (Å²) in [5.41, 5.74) is -0.467. The van der Waals surface area contributed by atoms with E-state index in [0.29, 0.717) is 11.3 Å². The Morgan fingerprint density at radius 2 is 2.00 bits per heavy atom. The van der Waals surface area contributed by atoms with Crippen molar-refractivity contribution in [3.8, 4) is 17.2 Å². The molecule has 0 radical (unpaired) electrons. The van der Waals surface area contributed by atoms with Crippen LogP contribution >= 0.6 is 0 Å². The summed E-state index contributed by atoms with van der Waals surface area (Å²) in [6.07, 6.45) is -2.13. The van der Waals surface area contributed by atoms with E-state index in [1.54, 1.807) is 14.0 Å². The van der Waals surface area contributed by atoms with Crippen molar-refractivity contribution < 1.29 is 23.1 Å². The summed E-state index contributed by atoms with van der Waals surface area (Å²) in [4.78, 5) is 18.4. The van der Waals surface area contributed by atoms with Crippen molar-refractivity contribution in [1.82, 2.24) is 29.5 Å². The molecule has 0 amide bonds. The van der Waals surface area contributed by atoms with Crippen molar-refractivity contribution in [1.29, 1.82) is 0 Å². The van der Waals surface area contributed by atoms with Crippen LogP contribution in [-0.2, 0) is 13.2 Å². The number of nitrogens with zero attached hydrogens (tertiary/aromatic N) is 6. The molecule has 0 spiro atoms. The van der Waals surface area contributed by atoms with Gasteiger partial charge < -0.3 is 5.11 Å². The molecule has 0 aliphatic heterocycles. The molecule has 3 aromatic rings. The van der Waals surface area contributed by atoms with Gasteiger partial charge in [0.1, 0.15) is 0 Å². The predicted octanol–water partition coefficient (Wildman–Crippen LogP) is 2.09. The van der Waals surface area contributed by atoms with E-state index in [4.69, 9.17) is 5.11 Å². The fourth-order valence-corrected chi connectivity index (χ4v) is 2.12. The smallest absolute Gasteiger partial charge is 0.433 e. The molecule has 25 heavy (non-hydrogen) atoms. The summed E-state index contributed by atoms with van der Waals surface area (Å²) in [5.74, 6) is -1.70. The zero-order valence-corrected chi connectivity index (χ0v) is 13.0. The molecule has 0 fully saturated rings. The summed E-state index contributed by atoms with van der Waals surface area (Å²) in [6, 6.07) is 1.95. The predicted molar refractivity (Wildman–Crippen MR) is 78.1 cm³/mol. The van der Waals surface area contributed by atoms with Gasteiger partial charge in [0.25, 0.3) is 5.95 Å². The number of hydrogen-bond donors (Lipinski definition) is 1. The molecule has 0 aliphatic carbocycles. The lowest BCUT2D eigenvalue weighted by atomic mass is 10.1. The van der Waals surface area contributed by atoms with E-state index < -0.39 is 17.8 Å². The van der Waals surface area contributed by atoms with Crippen LogP contribution in [-0.4, -0.2) is 40.6 Å². The van der Waals surface area contributed by atoms with E-state index in [-0.39, 0.29) is 17.3 Å². The Morgan fingerprint density at radius 3 is 2.52 bits per heavy atom. The maximum atomic E-state index is 13.2. The zero-order valence-electron chi connectivity index (χ0n) is 13.0. The maximum absolute atomic E-state index is 13.2. The molecule has 11 heteroatoms. The van der Waals surface area contributed by atoms with Crippen LogP contribution in [0.5, 0.6) is 0 Å². The molecule has 0 saturated heterocycles. The number of aromatic nitrogens is 6. The molecule has 0 aliphatic rings. The number of aromatic carboxylic acids is 1. The van der Waals surface area contributed by atoms with Gasteiger partial charge >= 0.3 is 12.1 Å². The highest BCUT2D eigenvalue weighted by Crippen LogP contribution is 2.31. The highest BCUT2D eigenvalue weighted by Gasteiger charge is 2.34. The topological polar surface area (TPSA) is 98.7 Å². The number of hydrogen-bond acceptors (Lipinski definition) is 5. The molecular weight excluding hydrogens is 341 g/mol. The molecule has 130 valence electrons. The highest BCUT2D eigenvalue weighted by molar-refractivity contribution is 5.85. The number of halogens is 3. The van der Waals surface area contributed by atoms with Gasteiger partial charge in [0.15, 0.2) is 11.4 Å². The van der Waals surface area contributed by atoms with Crippen LogP contribution in [0.3, 0.4) is 0 Å². The zero-order chi connectivity index (χ0) is 18.4. The lowest BCUT2D eigenvalue weighted by molar-refractivity contribution is -0.141. The van der Waals surface area contributed by atoms with E-state index in [1.807, 2.05) is 0 Å². The molecule has 0 bridgehead atoms. The van der Waals surface area contributed by atoms with E-state index in [1.165, 1.54) is 17.1 Å². The second-order valence-corrected chi connectivity index (χ2v) is 5.15. The third-order valence-corrected chi connectivity index (χ3v) is 3.53. The molecule has 8 nitrogen and oxygen atoms in total. The molecule has 3 aromatic heterocycles. The van der Waals surface area contributed by atoms with Crippen molar-refractivity contribution in [2.45, 2.75) is 13.1 Å². The first-order chi connectivity index (χ1) is 11.7. The Balaban J connectivity index is 2.19. The van der Waals surface area contributed by atoms with Crippen molar-refractivity contribution in [3.63, 3.8) is 0 Å². The van der Waals surface area contributed by atoms with Crippen LogP contribution in [0.2, 0.25) is 0 Å². The van der Waals surface area contributed by atoms with Crippen molar-refractivity contribution in [2.24, 2.45) is 7.05 Å². The third-order valence-electron chi connectivity index (χ3n) is 3.53. The number of rotatable bonds is 3. The van der Waals surface area contributed by atoms with E-state index >= 15 is 0 Å². The third kappa shape index (κ3) is 3.07. The fraction of sp³-hybridized carbons (Fsp3) is 0.214. The molecule has 3 rings (SSSR count). The van der Waals surface area contributed by atoms with Crippen LogP contribution in [0.15, 0.2) is 24.5 Å². The minimum atomic E-state index is -4.70. The normalized spacial score (nSPS) is 11.7. The molecule has 0 saturated carbocycles. The van der Waals surface area contributed by atoms with Gasteiger partial charge in [0.05, 0.1) is 11.9 Å². The number of carbonyl (C=O) groups is 1. The standard InChI is InChI=1S/C14H11F3N6O2/c1-7-8(6-18-22(7)2)10-5-11(14(15,16)17)20-13(19-10)23-4-3-9(21-23)12(24)25/h3-6H,1-2H3,(H,24,25). The number of carboxylic acids is 1. The minimum Gasteiger partial charge on any atom is -0.476 e. The Kier molecular flexibility index (Phi) is 3.78. The highest BCUT2D eigenvalue weighted by atomic mass is 19.4. The fourth-order valence-electron chi connectivity index (χ4n) is 2.12. The van der Waals surface area contributed by atoms with Gasteiger partial charge in [-0.25, -0.2) is 19.4 Å². The molecule has 0 aromatic carbocycles. The molecule has 0 unspecified atom stereocenters. The molecular formula is C14H11F3N6O2. The lowest BCUT2D eigenvalue weighted by Crippen LogP contribution is -2.13. The van der Waals surface area contributed by atoms with Gasteiger partial charge in [0.2, 0.25) is 0 Å². The first-order valence-electron chi connectivity index (χ1n) is 6.91. The van der Waals surface area contributed by atoms with E-state index in [0.717, 1.165) is 16.8 Å². The average molecular weight is 352 g/mol. The van der Waals surface area contributed by atoms with Crippen LogP contribution in [0.1, 0.15) is 21.9 Å². The largest absolute Gasteiger partial charge is 0.476 e. The van der Waals surface area contributed by atoms with E-state index in [2.05, 4.69) is 20.2 Å². The quantitative estimate of drug-likeness (QED) is 0.775. The van der Waals surface area contributed by atoms with Crippen molar-refractivity contribution >= 4 is 5.97 Å². The van der Waals surface area contributed by atoms with Gasteiger partial charge in [-0.1, -0.05) is 0 Å². The summed E-state index contributed by atoms with van der Waals surface area (Å²) in [7, 11) is 1.65. The van der Waals surface area contributed by atoms with Gasteiger partial charge in [-0.15, -0.1) is 0 Å². The van der Waals surface area contributed by atoms with Gasteiger partial charge in [-0.2, -0.15) is 23.4 Å². The van der Waals surface area contributed by atoms with Crippen LogP contribution in [0.25, 0.3) is 17.2 Å². The van der Waals surface area contributed by atoms with Crippen molar-refractivity contribution in [3.05, 3.63) is 41.6 Å². The first-order valence-corrected chi connectivity index (χ1v) is 6.91. The van der Waals surface area contributed by atoms with Crippen LogP contribution in [0.4, 0.5) is 13.2 Å². The Bertz CT molecular complexity index is 960. The minimum absolute atomic E-state index is 0.00954. The van der Waals surface area contributed by atoms with Crippen molar-refractivity contribution in [2.75, 3.05) is 0 Å². The van der Waals surface area contributed by atoms with Gasteiger partial charge in [0, 0.05) is 24.5 Å². The SMILES string of the molecule is Cc1c(-c2cc(C(F)(F)F)nc(-n3ccc(C(=O)O)n3)n2)cnn1C. The molecule has 1 N–H and O–H groups in total. The second kappa shape index (κ2) is 5.69. The summed E-state index contributed by atoms with van der Waals surface area (Å²) in [6.45, 7) is 1.69. The summed E-state index contributed by atoms with van der Waals surface area (Å²) >= 11 is 0. The monoisotopic (exact) mass is 352 g/mol. The summed E-state index contributed by atoms with van der Waals surface area (Å²) in [5, 5.41) is 16.6. The second-order valence-electron chi connectivity index (χ2n) is 5.15. The molecule has 0 atom stereocenters. The van der Waals surface area contributed by atoms with Gasteiger partial charge in [-0.3, -0.25) is 4.68 Å². The number of alkyl halides is 3. The number of carboxylic acid groups (broad SMARTS) is 1. The van der Waals surface area contributed by atoms with Crippen LogP contribution in [0, 0.1) is 6.92 Å². The van der Waals surface area contributed by atoms with E-state index in [9.17, 15) is 18.0 Å². The average Bonchev–Trinajstić information content (AvgIpc) is 3.15. The lowest BCUT2D eigenvalue weighted by Gasteiger charge is -2.10. The maximum Gasteiger partial charge on any atom is 0.433 e. The number of aryl methyl sites for hydroxylation is 1. The Morgan fingerprint density at radius 1 is 1.28 bits per heavy atom. The Hall–Kier alpha value is -3.24. The summed E-state index contributed by atoms with van der Waals surface area (Å²) < 4.78 is 41.9. The van der Waals surface area contributed by atoms with Crippen LogP contribution < -0.4 is 0 Å².